The highest BCUT2D eigenvalue weighted by Gasteiger charge is 2.33. The maximum Gasteiger partial charge on any atom is 0.270 e. The molecule has 1 fully saturated rings. The van der Waals surface area contributed by atoms with Gasteiger partial charge in [-0.3, -0.25) is 9.69 Å². The summed E-state index contributed by atoms with van der Waals surface area (Å²) in [6, 6.07) is 26.1. The maximum absolute atomic E-state index is 13.2. The van der Waals surface area contributed by atoms with Crippen molar-refractivity contribution in [2.45, 2.75) is 32.7 Å². The molecule has 1 saturated heterocycles. The van der Waals surface area contributed by atoms with Crippen molar-refractivity contribution >= 4 is 56.9 Å². The molecule has 5 rings (SSSR count). The normalized spacial score (nSPS) is 15.3. The molecule has 1 aliphatic heterocycles. The molecule has 4 aromatic rings. The highest BCUT2D eigenvalue weighted by molar-refractivity contribution is 8.27. The van der Waals surface area contributed by atoms with Gasteiger partial charge < -0.3 is 9.30 Å². The molecule has 0 spiro atoms. The van der Waals surface area contributed by atoms with Crippen molar-refractivity contribution in [2.24, 2.45) is 0 Å². The molecule has 2 heterocycles. The smallest absolute Gasteiger partial charge is 0.270 e. The number of thiocarbonyl (C=S) groups is 1. The second kappa shape index (κ2) is 9.96. The largest absolute Gasteiger partial charge is 0.492 e. The molecule has 0 atom stereocenters. The molecule has 0 saturated carbocycles. The molecule has 1 aliphatic rings. The van der Waals surface area contributed by atoms with Crippen molar-refractivity contribution in [3.63, 3.8) is 0 Å². The average molecular weight is 513 g/mol. The molecule has 182 valence electrons. The number of fused-ring (bicyclic) bond motifs is 1. The van der Waals surface area contributed by atoms with E-state index in [0.29, 0.717) is 22.4 Å². The Bertz CT molecular complexity index is 1450. The molecular weight excluding hydrogens is 484 g/mol. The molecule has 0 radical (unpaired) electrons. The van der Waals surface area contributed by atoms with Crippen molar-refractivity contribution in [3.05, 3.63) is 101 Å². The molecule has 1 amide bonds. The van der Waals surface area contributed by atoms with E-state index in [1.165, 1.54) is 17.3 Å². The lowest BCUT2D eigenvalue weighted by atomic mass is 9.87. The molecule has 36 heavy (non-hydrogen) atoms. The first kappa shape index (κ1) is 24.3. The molecular formula is C30H28N2O2S2. The van der Waals surface area contributed by atoms with Crippen molar-refractivity contribution in [1.82, 2.24) is 4.57 Å². The Balaban J connectivity index is 1.35. The fraction of sp³-hybridized carbons (Fsp3) is 0.200. The van der Waals surface area contributed by atoms with E-state index in [9.17, 15) is 4.79 Å². The second-order valence-corrected chi connectivity index (χ2v) is 11.4. The van der Waals surface area contributed by atoms with Gasteiger partial charge in [-0.05, 0) is 47.4 Å². The predicted molar refractivity (Wildman–Crippen MR) is 155 cm³/mol. The number of carbonyl (C=O) groups excluding carboxylic acids is 1. The third-order valence-corrected chi connectivity index (χ3v) is 7.54. The number of hydrogen-bond acceptors (Lipinski definition) is 4. The summed E-state index contributed by atoms with van der Waals surface area (Å²) in [5, 5.41) is 1.09. The highest BCUT2D eigenvalue weighted by Crippen LogP contribution is 2.37. The molecule has 0 N–H and O–H groups in total. The van der Waals surface area contributed by atoms with Crippen LogP contribution in [-0.4, -0.2) is 21.4 Å². The molecule has 0 bridgehead atoms. The van der Waals surface area contributed by atoms with Gasteiger partial charge in [0.15, 0.2) is 4.32 Å². The molecule has 1 aromatic heterocycles. The zero-order valence-electron chi connectivity index (χ0n) is 20.6. The van der Waals surface area contributed by atoms with Crippen LogP contribution in [0.4, 0.5) is 5.69 Å². The summed E-state index contributed by atoms with van der Waals surface area (Å²) in [5.41, 5.74) is 4.30. The lowest BCUT2D eigenvalue weighted by molar-refractivity contribution is -0.113. The standard InChI is InChI=1S/C30H28N2O2S2/c1-30(2,3)22-13-15-24(16-14-22)34-18-17-31-20-21(25-11-7-8-12-26(25)31)19-27-28(33)32(29(35)36-27)23-9-5-4-6-10-23/h4-16,19-20H,17-18H2,1-3H3/b27-19+. The Morgan fingerprint density at radius 1 is 0.944 bits per heavy atom. The molecule has 0 aliphatic carbocycles. The third kappa shape index (κ3) is 4.97. The number of thioether (sulfide) groups is 1. The summed E-state index contributed by atoms with van der Waals surface area (Å²) in [4.78, 5) is 15.4. The van der Waals surface area contributed by atoms with Gasteiger partial charge >= 0.3 is 0 Å². The van der Waals surface area contributed by atoms with Crippen LogP contribution in [0.1, 0.15) is 31.9 Å². The number of hydrogen-bond donors (Lipinski definition) is 0. The number of benzene rings is 3. The number of rotatable bonds is 6. The molecule has 6 heteroatoms. The van der Waals surface area contributed by atoms with Crippen LogP contribution in [0.5, 0.6) is 5.75 Å². The number of para-hydroxylation sites is 2. The SMILES string of the molecule is CC(C)(C)c1ccc(OCCn2cc(/C=C3/SC(=S)N(c4ccccc4)C3=O)c3ccccc32)cc1. The van der Waals surface area contributed by atoms with E-state index in [1.54, 1.807) is 4.90 Å². The van der Waals surface area contributed by atoms with Crippen LogP contribution in [-0.2, 0) is 16.8 Å². The monoisotopic (exact) mass is 512 g/mol. The van der Waals surface area contributed by atoms with Crippen LogP contribution < -0.4 is 9.64 Å². The van der Waals surface area contributed by atoms with Crippen LogP contribution in [0.3, 0.4) is 0 Å². The number of anilines is 1. The topological polar surface area (TPSA) is 34.5 Å². The van der Waals surface area contributed by atoms with E-state index in [2.05, 4.69) is 55.8 Å². The Kier molecular flexibility index (Phi) is 6.73. The van der Waals surface area contributed by atoms with Gasteiger partial charge in [0.2, 0.25) is 0 Å². The molecule has 0 unspecified atom stereocenters. The summed E-state index contributed by atoms with van der Waals surface area (Å²) in [7, 11) is 0. The van der Waals surface area contributed by atoms with Gasteiger partial charge in [-0.1, -0.05) is 93.3 Å². The van der Waals surface area contributed by atoms with Crippen LogP contribution >= 0.6 is 24.0 Å². The number of ether oxygens (including phenoxy) is 1. The quantitative estimate of drug-likeness (QED) is 0.199. The van der Waals surface area contributed by atoms with Crippen molar-refractivity contribution in [2.75, 3.05) is 11.5 Å². The Hall–Kier alpha value is -3.35. The van der Waals surface area contributed by atoms with Crippen LogP contribution in [0, 0.1) is 0 Å². The van der Waals surface area contributed by atoms with Crippen LogP contribution in [0.15, 0.2) is 90.0 Å². The Morgan fingerprint density at radius 3 is 2.36 bits per heavy atom. The number of nitrogens with zero attached hydrogens (tertiary/aromatic N) is 2. The van der Waals surface area contributed by atoms with Gasteiger partial charge in [0.05, 0.1) is 17.1 Å². The molecule has 3 aromatic carbocycles. The number of amides is 1. The third-order valence-electron chi connectivity index (χ3n) is 6.24. The predicted octanol–water partition coefficient (Wildman–Crippen LogP) is 7.42. The van der Waals surface area contributed by atoms with E-state index in [0.717, 1.165) is 27.9 Å². The Labute approximate surface area is 221 Å². The van der Waals surface area contributed by atoms with Crippen molar-refractivity contribution < 1.29 is 9.53 Å². The minimum absolute atomic E-state index is 0.0879. The van der Waals surface area contributed by atoms with Gasteiger partial charge in [0.25, 0.3) is 5.91 Å². The van der Waals surface area contributed by atoms with E-state index in [1.807, 2.05) is 60.7 Å². The van der Waals surface area contributed by atoms with Crippen molar-refractivity contribution in [3.8, 4) is 5.75 Å². The van der Waals surface area contributed by atoms with E-state index < -0.39 is 0 Å². The minimum atomic E-state index is -0.0879. The summed E-state index contributed by atoms with van der Waals surface area (Å²) >= 11 is 6.87. The van der Waals surface area contributed by atoms with E-state index in [-0.39, 0.29) is 11.3 Å². The lowest BCUT2D eigenvalue weighted by Gasteiger charge is -2.19. The summed E-state index contributed by atoms with van der Waals surface area (Å²) in [6.45, 7) is 7.86. The summed E-state index contributed by atoms with van der Waals surface area (Å²) < 4.78 is 8.78. The lowest BCUT2D eigenvalue weighted by Crippen LogP contribution is -2.27. The number of aromatic nitrogens is 1. The molecule has 4 nitrogen and oxygen atoms in total. The fourth-order valence-corrected chi connectivity index (χ4v) is 5.59. The highest BCUT2D eigenvalue weighted by atomic mass is 32.2. The van der Waals surface area contributed by atoms with E-state index >= 15 is 0 Å². The first-order chi connectivity index (χ1) is 17.3. The first-order valence-electron chi connectivity index (χ1n) is 12.0. The summed E-state index contributed by atoms with van der Waals surface area (Å²) in [6.07, 6.45) is 4.04. The zero-order valence-corrected chi connectivity index (χ0v) is 22.2. The average Bonchev–Trinajstić information content (AvgIpc) is 3.35. The van der Waals surface area contributed by atoms with Gasteiger partial charge in [-0.15, -0.1) is 0 Å². The van der Waals surface area contributed by atoms with Crippen LogP contribution in [0.2, 0.25) is 0 Å². The van der Waals surface area contributed by atoms with Gasteiger partial charge in [-0.2, -0.15) is 0 Å². The number of carbonyl (C=O) groups is 1. The maximum atomic E-state index is 13.2. The minimum Gasteiger partial charge on any atom is -0.492 e. The van der Waals surface area contributed by atoms with Gasteiger partial charge in [0, 0.05) is 22.7 Å². The van der Waals surface area contributed by atoms with Crippen molar-refractivity contribution in [1.29, 1.82) is 0 Å². The fourth-order valence-electron chi connectivity index (χ4n) is 4.30. The second-order valence-electron chi connectivity index (χ2n) is 9.77. The van der Waals surface area contributed by atoms with Gasteiger partial charge in [0.1, 0.15) is 12.4 Å². The Morgan fingerprint density at radius 2 is 1.64 bits per heavy atom. The van der Waals surface area contributed by atoms with Gasteiger partial charge in [-0.25, -0.2) is 0 Å². The van der Waals surface area contributed by atoms with E-state index in [4.69, 9.17) is 17.0 Å². The zero-order chi connectivity index (χ0) is 25.3. The van der Waals surface area contributed by atoms with Crippen LogP contribution in [0.25, 0.3) is 17.0 Å². The summed E-state index contributed by atoms with van der Waals surface area (Å²) in [5.74, 6) is 0.777. The first-order valence-corrected chi connectivity index (χ1v) is 13.2.